The number of fused-ring (bicyclic) bond motifs is 4. The maximum absolute atomic E-state index is 14.8. The van der Waals surface area contributed by atoms with Crippen LogP contribution in [0.3, 0.4) is 0 Å². The van der Waals surface area contributed by atoms with Crippen LogP contribution in [0.4, 0.5) is 22.0 Å². The number of furan rings is 1. The Morgan fingerprint density at radius 1 is 1.03 bits per heavy atom. The van der Waals surface area contributed by atoms with Gasteiger partial charge < -0.3 is 9.32 Å². The largest absolute Gasteiger partial charge is 0.455 e. The minimum Gasteiger partial charge on any atom is -0.455 e. The second-order valence-electron chi connectivity index (χ2n) is 10.3. The van der Waals surface area contributed by atoms with E-state index in [2.05, 4.69) is 0 Å². The van der Waals surface area contributed by atoms with Crippen molar-refractivity contribution in [3.8, 4) is 0 Å². The van der Waals surface area contributed by atoms with Crippen LogP contribution in [0.15, 0.2) is 64.3 Å². The van der Waals surface area contributed by atoms with E-state index in [-0.39, 0.29) is 23.3 Å². The van der Waals surface area contributed by atoms with Crippen LogP contribution in [0.25, 0.3) is 27.6 Å². The van der Waals surface area contributed by atoms with Gasteiger partial charge in [-0.3, -0.25) is 0 Å². The fourth-order valence-corrected chi connectivity index (χ4v) is 5.10. The summed E-state index contributed by atoms with van der Waals surface area (Å²) in [5.41, 5.74) is 3.65. The molecule has 188 valence electrons. The van der Waals surface area contributed by atoms with Crippen molar-refractivity contribution >= 4 is 27.6 Å². The first-order valence-corrected chi connectivity index (χ1v) is 11.7. The number of allylic oxidation sites excluding steroid dienone is 6. The van der Waals surface area contributed by atoms with Gasteiger partial charge in [-0.1, -0.05) is 43.7 Å². The summed E-state index contributed by atoms with van der Waals surface area (Å²) >= 11 is 0. The second kappa shape index (κ2) is 8.08. The summed E-state index contributed by atoms with van der Waals surface area (Å²) in [6.07, 6.45) is 4.84. The SMILES string of the molecule is Cc1cc2c(oc3cc(F)cc(F)c32)c(C2=C3C=CC(CC(C)(C)C(F)(F)F)=CC3C=CN2C)c1C. The molecule has 0 radical (unpaired) electrons. The van der Waals surface area contributed by atoms with Crippen molar-refractivity contribution in [2.24, 2.45) is 11.3 Å². The first-order valence-electron chi connectivity index (χ1n) is 11.7. The molecule has 1 aliphatic heterocycles. The van der Waals surface area contributed by atoms with Crippen molar-refractivity contribution < 1.29 is 26.4 Å². The fraction of sp³-hybridized carbons (Fsp3) is 0.310. The third-order valence-electron chi connectivity index (χ3n) is 7.32. The zero-order valence-electron chi connectivity index (χ0n) is 20.6. The molecule has 2 heterocycles. The zero-order valence-corrected chi connectivity index (χ0v) is 20.6. The van der Waals surface area contributed by atoms with E-state index in [0.29, 0.717) is 16.5 Å². The number of hydrogen-bond donors (Lipinski definition) is 0. The fourth-order valence-electron chi connectivity index (χ4n) is 5.10. The third kappa shape index (κ3) is 3.76. The summed E-state index contributed by atoms with van der Waals surface area (Å²) in [4.78, 5) is 1.93. The molecule has 7 heteroatoms. The molecule has 0 spiro atoms. The molecule has 5 rings (SSSR count). The first-order chi connectivity index (χ1) is 16.8. The summed E-state index contributed by atoms with van der Waals surface area (Å²) in [5, 5.41) is 0.777. The van der Waals surface area contributed by atoms with Gasteiger partial charge in [-0.15, -0.1) is 0 Å². The average molecular weight is 500 g/mol. The van der Waals surface area contributed by atoms with Crippen LogP contribution >= 0.6 is 0 Å². The predicted octanol–water partition coefficient (Wildman–Crippen LogP) is 8.74. The van der Waals surface area contributed by atoms with E-state index in [1.165, 1.54) is 19.9 Å². The molecule has 0 saturated heterocycles. The molecular formula is C29H26F5NO. The topological polar surface area (TPSA) is 16.4 Å². The van der Waals surface area contributed by atoms with Crippen molar-refractivity contribution in [1.82, 2.24) is 4.90 Å². The van der Waals surface area contributed by atoms with Crippen molar-refractivity contribution in [1.29, 1.82) is 0 Å². The average Bonchev–Trinajstić information content (AvgIpc) is 3.12. The van der Waals surface area contributed by atoms with Gasteiger partial charge >= 0.3 is 6.18 Å². The summed E-state index contributed by atoms with van der Waals surface area (Å²) in [6, 6.07) is 3.87. The van der Waals surface area contributed by atoms with Crippen LogP contribution in [-0.4, -0.2) is 18.1 Å². The molecule has 36 heavy (non-hydrogen) atoms. The van der Waals surface area contributed by atoms with Crippen LogP contribution in [0.5, 0.6) is 0 Å². The smallest absolute Gasteiger partial charge is 0.394 e. The number of benzene rings is 2. The number of nitrogens with zero attached hydrogens (tertiary/aromatic N) is 1. The van der Waals surface area contributed by atoms with E-state index in [4.69, 9.17) is 4.42 Å². The molecule has 1 unspecified atom stereocenters. The molecular weight excluding hydrogens is 473 g/mol. The summed E-state index contributed by atoms with van der Waals surface area (Å²) in [6.45, 7) is 6.29. The lowest BCUT2D eigenvalue weighted by molar-refractivity contribution is -0.210. The second-order valence-corrected chi connectivity index (χ2v) is 10.3. The Bertz CT molecular complexity index is 1530. The molecule has 2 aliphatic rings. The van der Waals surface area contributed by atoms with Crippen molar-refractivity contribution in [2.75, 3.05) is 7.05 Å². The highest BCUT2D eigenvalue weighted by atomic mass is 19.4. The van der Waals surface area contributed by atoms with E-state index in [1.807, 2.05) is 56.3 Å². The lowest BCUT2D eigenvalue weighted by atomic mass is 9.79. The Balaban J connectivity index is 1.70. The molecule has 0 N–H and O–H groups in total. The normalized spacial score (nSPS) is 18.4. The maximum atomic E-state index is 14.8. The van der Waals surface area contributed by atoms with Crippen LogP contribution in [-0.2, 0) is 0 Å². The molecule has 1 aliphatic carbocycles. The molecule has 0 bridgehead atoms. The molecule has 1 aromatic heterocycles. The van der Waals surface area contributed by atoms with Crippen LogP contribution in [0.1, 0.15) is 37.0 Å². The number of hydrogen-bond acceptors (Lipinski definition) is 2. The lowest BCUT2D eigenvalue weighted by Gasteiger charge is -2.33. The molecule has 3 aromatic rings. The number of aryl methyl sites for hydroxylation is 1. The zero-order chi connectivity index (χ0) is 26.2. The maximum Gasteiger partial charge on any atom is 0.394 e. The van der Waals surface area contributed by atoms with Crippen LogP contribution in [0.2, 0.25) is 0 Å². The molecule has 0 saturated carbocycles. The monoisotopic (exact) mass is 499 g/mol. The van der Waals surface area contributed by atoms with E-state index in [1.54, 1.807) is 6.08 Å². The number of alkyl halides is 3. The van der Waals surface area contributed by atoms with Gasteiger partial charge in [-0.05, 0) is 43.0 Å². The highest BCUT2D eigenvalue weighted by Crippen LogP contribution is 2.46. The van der Waals surface area contributed by atoms with Gasteiger partial charge in [0.25, 0.3) is 0 Å². The van der Waals surface area contributed by atoms with Gasteiger partial charge in [0.1, 0.15) is 22.8 Å². The van der Waals surface area contributed by atoms with Gasteiger partial charge in [-0.25, -0.2) is 8.78 Å². The Morgan fingerprint density at radius 2 is 1.75 bits per heavy atom. The van der Waals surface area contributed by atoms with Crippen molar-refractivity contribution in [2.45, 2.75) is 40.3 Å². The standard InChI is InChI=1S/C29H26F5NO/c1-15-10-21-25-22(31)12-19(30)13-23(25)36-27(21)24(16(15)2)26-20-7-6-17(11-18(20)8-9-35(26)5)14-28(3,4)29(32,33)34/h6-13,18H,14H2,1-5H3. The van der Waals surface area contributed by atoms with E-state index in [9.17, 15) is 22.0 Å². The van der Waals surface area contributed by atoms with Crippen molar-refractivity contribution in [3.63, 3.8) is 0 Å². The van der Waals surface area contributed by atoms with Crippen LogP contribution in [0, 0.1) is 36.8 Å². The quantitative estimate of drug-likeness (QED) is 0.335. The van der Waals surface area contributed by atoms with Gasteiger partial charge in [-0.2, -0.15) is 13.2 Å². The Morgan fingerprint density at radius 3 is 2.44 bits per heavy atom. The first kappa shape index (κ1) is 24.3. The van der Waals surface area contributed by atoms with E-state index < -0.39 is 23.2 Å². The van der Waals surface area contributed by atoms with Crippen molar-refractivity contribution in [3.05, 3.63) is 88.2 Å². The highest BCUT2D eigenvalue weighted by Gasteiger charge is 2.47. The van der Waals surface area contributed by atoms with E-state index in [0.717, 1.165) is 34.0 Å². The molecule has 2 nitrogen and oxygen atoms in total. The molecule has 2 aromatic carbocycles. The minimum absolute atomic E-state index is 0.126. The summed E-state index contributed by atoms with van der Waals surface area (Å²) in [5.74, 6) is -1.64. The summed E-state index contributed by atoms with van der Waals surface area (Å²) < 4.78 is 75.2. The molecule has 0 fully saturated rings. The third-order valence-corrected chi connectivity index (χ3v) is 7.32. The van der Waals surface area contributed by atoms with Gasteiger partial charge in [0.05, 0.1) is 16.5 Å². The van der Waals surface area contributed by atoms with Gasteiger partial charge in [0.15, 0.2) is 0 Å². The molecule has 1 atom stereocenters. The number of halogens is 5. The van der Waals surface area contributed by atoms with Gasteiger partial charge in [0.2, 0.25) is 0 Å². The predicted molar refractivity (Wildman–Crippen MR) is 132 cm³/mol. The highest BCUT2D eigenvalue weighted by molar-refractivity contribution is 6.09. The van der Waals surface area contributed by atoms with Gasteiger partial charge in [0, 0.05) is 42.2 Å². The lowest BCUT2D eigenvalue weighted by Crippen LogP contribution is -2.32. The number of rotatable bonds is 3. The van der Waals surface area contributed by atoms with E-state index >= 15 is 0 Å². The minimum atomic E-state index is -4.31. The summed E-state index contributed by atoms with van der Waals surface area (Å²) in [7, 11) is 1.88. The Hall–Kier alpha value is -3.35. The van der Waals surface area contributed by atoms with Crippen LogP contribution < -0.4 is 0 Å². The Labute approximate surface area is 206 Å². The Kier molecular flexibility index (Phi) is 5.47. The molecule has 0 amide bonds.